The van der Waals surface area contributed by atoms with Crippen LogP contribution < -0.4 is 5.32 Å². The number of hydrogen-bond acceptors (Lipinski definition) is 5. The van der Waals surface area contributed by atoms with Gasteiger partial charge in [-0.15, -0.1) is 0 Å². The van der Waals surface area contributed by atoms with E-state index in [2.05, 4.69) is 10.4 Å². The van der Waals surface area contributed by atoms with Gasteiger partial charge in [-0.2, -0.15) is 5.10 Å². The van der Waals surface area contributed by atoms with Crippen molar-refractivity contribution < 1.29 is 14.5 Å². The molecule has 132 valence electrons. The fourth-order valence-electron chi connectivity index (χ4n) is 2.98. The van der Waals surface area contributed by atoms with Crippen molar-refractivity contribution in [3.05, 3.63) is 51.7 Å². The Bertz CT molecular complexity index is 781. The standard InChI is InChI=1S/C17H20N4O4/c1-12-14(3-2-4-15(12)21(23)24)9-17(22)19-16-5-7-18-20(16)10-13-6-8-25-11-13/h2-5,7,13H,6,8-11H2,1H3,(H,19,22)/t13-/m0/s1. The lowest BCUT2D eigenvalue weighted by Crippen LogP contribution is -2.20. The molecule has 1 saturated heterocycles. The number of nitro benzene ring substituents is 1. The van der Waals surface area contributed by atoms with Gasteiger partial charge in [0, 0.05) is 36.8 Å². The van der Waals surface area contributed by atoms with E-state index in [0.717, 1.165) is 13.0 Å². The summed E-state index contributed by atoms with van der Waals surface area (Å²) in [5.74, 6) is 0.794. The predicted molar refractivity (Wildman–Crippen MR) is 91.3 cm³/mol. The smallest absolute Gasteiger partial charge is 0.272 e. The molecule has 8 nitrogen and oxygen atoms in total. The van der Waals surface area contributed by atoms with Crippen LogP contribution in [0.4, 0.5) is 11.5 Å². The number of ether oxygens (including phenoxy) is 1. The molecule has 1 aliphatic rings. The molecule has 2 aromatic rings. The van der Waals surface area contributed by atoms with Crippen molar-refractivity contribution in [3.63, 3.8) is 0 Å². The van der Waals surface area contributed by atoms with E-state index in [4.69, 9.17) is 4.74 Å². The minimum atomic E-state index is -0.435. The number of anilines is 1. The van der Waals surface area contributed by atoms with Crippen LogP contribution in [-0.4, -0.2) is 33.8 Å². The highest BCUT2D eigenvalue weighted by molar-refractivity contribution is 5.91. The van der Waals surface area contributed by atoms with E-state index in [1.165, 1.54) is 6.07 Å². The number of nitrogens with one attached hydrogen (secondary N) is 1. The molecular formula is C17H20N4O4. The van der Waals surface area contributed by atoms with Crippen molar-refractivity contribution in [2.24, 2.45) is 5.92 Å². The van der Waals surface area contributed by atoms with Crippen molar-refractivity contribution in [1.29, 1.82) is 0 Å². The molecule has 0 bridgehead atoms. The van der Waals surface area contributed by atoms with Crippen LogP contribution in [0.2, 0.25) is 0 Å². The largest absolute Gasteiger partial charge is 0.381 e. The lowest BCUT2D eigenvalue weighted by atomic mass is 10.0. The first-order valence-electron chi connectivity index (χ1n) is 8.17. The second kappa shape index (κ2) is 7.43. The molecule has 3 rings (SSSR count). The summed E-state index contributed by atoms with van der Waals surface area (Å²) in [5.41, 5.74) is 1.18. The van der Waals surface area contributed by atoms with Crippen molar-refractivity contribution in [2.75, 3.05) is 18.5 Å². The Kier molecular flexibility index (Phi) is 5.08. The number of hydrogen-bond donors (Lipinski definition) is 1. The second-order valence-corrected chi connectivity index (χ2v) is 6.17. The molecule has 25 heavy (non-hydrogen) atoms. The third-order valence-electron chi connectivity index (χ3n) is 4.40. The fraction of sp³-hybridized carbons (Fsp3) is 0.412. The van der Waals surface area contributed by atoms with Gasteiger partial charge < -0.3 is 10.1 Å². The maximum atomic E-state index is 12.4. The van der Waals surface area contributed by atoms with Crippen LogP contribution in [-0.2, 0) is 22.5 Å². The van der Waals surface area contributed by atoms with E-state index in [-0.39, 0.29) is 18.0 Å². The minimum absolute atomic E-state index is 0.0246. The zero-order valence-electron chi connectivity index (χ0n) is 14.0. The number of aromatic nitrogens is 2. The Morgan fingerprint density at radius 3 is 3.04 bits per heavy atom. The van der Waals surface area contributed by atoms with Gasteiger partial charge in [0.05, 0.1) is 24.1 Å². The van der Waals surface area contributed by atoms with Crippen molar-refractivity contribution in [2.45, 2.75) is 26.3 Å². The lowest BCUT2D eigenvalue weighted by molar-refractivity contribution is -0.385. The first-order chi connectivity index (χ1) is 12.0. The summed E-state index contributed by atoms with van der Waals surface area (Å²) in [6.45, 7) is 3.82. The molecule has 1 amide bonds. The average molecular weight is 344 g/mol. The maximum absolute atomic E-state index is 12.4. The van der Waals surface area contributed by atoms with Gasteiger partial charge in [-0.1, -0.05) is 12.1 Å². The van der Waals surface area contributed by atoms with Crippen LogP contribution in [0.5, 0.6) is 0 Å². The van der Waals surface area contributed by atoms with Gasteiger partial charge in [0.15, 0.2) is 0 Å². The molecule has 0 saturated carbocycles. The van der Waals surface area contributed by atoms with E-state index in [1.54, 1.807) is 36.0 Å². The van der Waals surface area contributed by atoms with Gasteiger partial charge in [-0.3, -0.25) is 14.9 Å². The summed E-state index contributed by atoms with van der Waals surface area (Å²) in [6.07, 6.45) is 2.70. The predicted octanol–water partition coefficient (Wildman–Crippen LogP) is 2.32. The van der Waals surface area contributed by atoms with Crippen LogP contribution >= 0.6 is 0 Å². The topological polar surface area (TPSA) is 99.3 Å². The Labute approximate surface area is 144 Å². The molecule has 0 unspecified atom stereocenters. The first kappa shape index (κ1) is 17.1. The molecule has 0 radical (unpaired) electrons. The highest BCUT2D eigenvalue weighted by atomic mass is 16.6. The maximum Gasteiger partial charge on any atom is 0.272 e. The van der Waals surface area contributed by atoms with Gasteiger partial charge in [0.2, 0.25) is 5.91 Å². The van der Waals surface area contributed by atoms with Gasteiger partial charge in [-0.05, 0) is 18.9 Å². The van der Waals surface area contributed by atoms with E-state index in [9.17, 15) is 14.9 Å². The summed E-state index contributed by atoms with van der Waals surface area (Å²) in [7, 11) is 0. The molecule has 1 aromatic carbocycles. The summed E-state index contributed by atoms with van der Waals surface area (Å²) in [6, 6.07) is 6.51. The molecule has 1 atom stereocenters. The molecule has 1 fully saturated rings. The zero-order chi connectivity index (χ0) is 17.8. The number of nitro groups is 1. The number of carbonyl (C=O) groups is 1. The molecule has 1 aromatic heterocycles. The van der Waals surface area contributed by atoms with Crippen LogP contribution in [0.1, 0.15) is 17.5 Å². The van der Waals surface area contributed by atoms with Gasteiger partial charge in [0.1, 0.15) is 5.82 Å². The summed E-state index contributed by atoms with van der Waals surface area (Å²) in [5, 5.41) is 18.1. The van der Waals surface area contributed by atoms with Crippen molar-refractivity contribution >= 4 is 17.4 Å². The highest BCUT2D eigenvalue weighted by Crippen LogP contribution is 2.22. The van der Waals surface area contributed by atoms with Crippen LogP contribution in [0.25, 0.3) is 0 Å². The summed E-state index contributed by atoms with van der Waals surface area (Å²) >= 11 is 0. The average Bonchev–Trinajstić information content (AvgIpc) is 3.22. The Morgan fingerprint density at radius 2 is 2.32 bits per heavy atom. The van der Waals surface area contributed by atoms with Gasteiger partial charge >= 0.3 is 0 Å². The first-order valence-corrected chi connectivity index (χ1v) is 8.17. The molecular weight excluding hydrogens is 324 g/mol. The molecule has 1 N–H and O–H groups in total. The van der Waals surface area contributed by atoms with Crippen LogP contribution in [0.15, 0.2) is 30.5 Å². The van der Waals surface area contributed by atoms with Gasteiger partial charge in [-0.25, -0.2) is 4.68 Å². The number of amides is 1. The lowest BCUT2D eigenvalue weighted by Gasteiger charge is -2.12. The highest BCUT2D eigenvalue weighted by Gasteiger charge is 2.19. The third-order valence-corrected chi connectivity index (χ3v) is 4.40. The van der Waals surface area contributed by atoms with Gasteiger partial charge in [0.25, 0.3) is 5.69 Å². The summed E-state index contributed by atoms with van der Waals surface area (Å²) < 4.78 is 7.13. The molecule has 8 heteroatoms. The van der Waals surface area contributed by atoms with E-state index in [0.29, 0.717) is 36.0 Å². The number of carbonyl (C=O) groups excluding carboxylic acids is 1. The second-order valence-electron chi connectivity index (χ2n) is 6.17. The van der Waals surface area contributed by atoms with Crippen molar-refractivity contribution in [3.8, 4) is 0 Å². The monoisotopic (exact) mass is 344 g/mol. The van der Waals surface area contributed by atoms with E-state index >= 15 is 0 Å². The molecule has 2 heterocycles. The summed E-state index contributed by atoms with van der Waals surface area (Å²) in [4.78, 5) is 22.9. The fourth-order valence-corrected chi connectivity index (χ4v) is 2.98. The number of nitrogens with zero attached hydrogens (tertiary/aromatic N) is 3. The minimum Gasteiger partial charge on any atom is -0.381 e. The normalized spacial score (nSPS) is 16.8. The van der Waals surface area contributed by atoms with Crippen LogP contribution in [0.3, 0.4) is 0 Å². The Morgan fingerprint density at radius 1 is 1.48 bits per heavy atom. The van der Waals surface area contributed by atoms with Crippen molar-refractivity contribution in [1.82, 2.24) is 9.78 Å². The SMILES string of the molecule is Cc1c(CC(=O)Nc2ccnn2C[C@@H]2CCOC2)cccc1[N+](=O)[O-]. The number of benzene rings is 1. The third kappa shape index (κ3) is 4.03. The molecule has 1 aliphatic heterocycles. The Hall–Kier alpha value is -2.74. The van der Waals surface area contributed by atoms with E-state index in [1.807, 2.05) is 0 Å². The van der Waals surface area contributed by atoms with E-state index < -0.39 is 4.92 Å². The van der Waals surface area contributed by atoms with Crippen LogP contribution in [0, 0.1) is 23.0 Å². The zero-order valence-corrected chi connectivity index (χ0v) is 14.0. The molecule has 0 aliphatic carbocycles. The molecule has 0 spiro atoms. The Balaban J connectivity index is 1.66. The number of rotatable bonds is 6. The quantitative estimate of drug-likeness (QED) is 0.640.